The Morgan fingerprint density at radius 2 is 2.08 bits per heavy atom. The van der Waals surface area contributed by atoms with E-state index in [0.717, 1.165) is 26.0 Å². The van der Waals surface area contributed by atoms with Crippen LogP contribution < -0.4 is 5.56 Å². The Kier molecular flexibility index (Phi) is 5.58. The zero-order chi connectivity index (χ0) is 18.8. The van der Waals surface area contributed by atoms with Crippen molar-refractivity contribution in [3.63, 3.8) is 0 Å². The van der Waals surface area contributed by atoms with Crippen LogP contribution in [0.2, 0.25) is 0 Å². The lowest BCUT2D eigenvalue weighted by atomic mass is 10.0. The standard InChI is InChI=1S/C19H19BrN2O3S/c1-11-6-7-15(20)13(9-11)14-10-26-18-17(14)19(24)22(12(2)21-18)8-4-5-16(23)25-3/h6-7,9-10H,4-5,8H2,1-3H3. The molecule has 0 aliphatic carbocycles. The molecule has 7 heteroatoms. The molecule has 0 saturated heterocycles. The van der Waals surface area contributed by atoms with Gasteiger partial charge in [0.15, 0.2) is 0 Å². The van der Waals surface area contributed by atoms with Crippen LogP contribution in [0.15, 0.2) is 32.8 Å². The number of benzene rings is 1. The smallest absolute Gasteiger partial charge is 0.305 e. The van der Waals surface area contributed by atoms with E-state index in [2.05, 4.69) is 31.7 Å². The number of halogens is 1. The first-order valence-electron chi connectivity index (χ1n) is 8.24. The number of rotatable bonds is 5. The number of hydrogen-bond acceptors (Lipinski definition) is 5. The summed E-state index contributed by atoms with van der Waals surface area (Å²) in [5.74, 6) is 0.383. The number of carbonyl (C=O) groups excluding carboxylic acids is 1. The van der Waals surface area contributed by atoms with Gasteiger partial charge in [-0.3, -0.25) is 14.2 Å². The second kappa shape index (κ2) is 7.72. The van der Waals surface area contributed by atoms with Crippen molar-refractivity contribution in [1.82, 2.24) is 9.55 Å². The molecule has 0 aliphatic rings. The summed E-state index contributed by atoms with van der Waals surface area (Å²) < 4.78 is 7.25. The van der Waals surface area contributed by atoms with Gasteiger partial charge in [-0.05, 0) is 31.9 Å². The average molecular weight is 435 g/mol. The van der Waals surface area contributed by atoms with Gasteiger partial charge in [0.1, 0.15) is 10.7 Å². The number of fused-ring (bicyclic) bond motifs is 1. The Hall–Kier alpha value is -1.99. The number of hydrogen-bond donors (Lipinski definition) is 0. The van der Waals surface area contributed by atoms with Gasteiger partial charge in [0.2, 0.25) is 0 Å². The third-order valence-corrected chi connectivity index (χ3v) is 5.85. The van der Waals surface area contributed by atoms with Crippen LogP contribution in [0.25, 0.3) is 21.3 Å². The van der Waals surface area contributed by atoms with Crippen molar-refractivity contribution >= 4 is 43.5 Å². The number of aromatic nitrogens is 2. The fourth-order valence-electron chi connectivity index (χ4n) is 2.92. The summed E-state index contributed by atoms with van der Waals surface area (Å²) in [6.07, 6.45) is 0.814. The van der Waals surface area contributed by atoms with E-state index in [1.165, 1.54) is 18.4 Å². The van der Waals surface area contributed by atoms with Crippen molar-refractivity contribution in [3.8, 4) is 11.1 Å². The topological polar surface area (TPSA) is 61.2 Å². The second-order valence-corrected chi connectivity index (χ2v) is 7.82. The lowest BCUT2D eigenvalue weighted by Crippen LogP contribution is -2.24. The van der Waals surface area contributed by atoms with E-state index < -0.39 is 0 Å². The molecule has 0 saturated carbocycles. The van der Waals surface area contributed by atoms with E-state index in [1.54, 1.807) is 4.57 Å². The molecule has 0 bridgehead atoms. The maximum Gasteiger partial charge on any atom is 0.305 e. The first-order chi connectivity index (χ1) is 12.4. The summed E-state index contributed by atoms with van der Waals surface area (Å²) in [5.41, 5.74) is 2.93. The van der Waals surface area contributed by atoms with Gasteiger partial charge >= 0.3 is 5.97 Å². The predicted molar refractivity (Wildman–Crippen MR) is 108 cm³/mol. The van der Waals surface area contributed by atoms with Gasteiger partial charge in [0, 0.05) is 28.4 Å². The first-order valence-corrected chi connectivity index (χ1v) is 9.91. The Balaban J connectivity index is 2.08. The summed E-state index contributed by atoms with van der Waals surface area (Å²) >= 11 is 5.06. The molecule has 0 atom stereocenters. The van der Waals surface area contributed by atoms with Gasteiger partial charge in [-0.25, -0.2) is 4.98 Å². The van der Waals surface area contributed by atoms with Gasteiger partial charge in [-0.2, -0.15) is 0 Å². The molecule has 3 rings (SSSR count). The molecule has 5 nitrogen and oxygen atoms in total. The highest BCUT2D eigenvalue weighted by atomic mass is 79.9. The van der Waals surface area contributed by atoms with E-state index >= 15 is 0 Å². The van der Waals surface area contributed by atoms with Gasteiger partial charge < -0.3 is 4.74 Å². The Labute approximate surface area is 163 Å². The summed E-state index contributed by atoms with van der Waals surface area (Å²) in [7, 11) is 1.37. The van der Waals surface area contributed by atoms with Gasteiger partial charge in [0.25, 0.3) is 5.56 Å². The highest BCUT2D eigenvalue weighted by molar-refractivity contribution is 9.10. The number of thiophene rings is 1. The van der Waals surface area contributed by atoms with Gasteiger partial charge in [0.05, 0.1) is 12.5 Å². The molecule has 0 amide bonds. The average Bonchev–Trinajstić information content (AvgIpc) is 3.03. The monoisotopic (exact) mass is 434 g/mol. The van der Waals surface area contributed by atoms with Crippen LogP contribution in [0, 0.1) is 13.8 Å². The summed E-state index contributed by atoms with van der Waals surface area (Å²) in [6, 6.07) is 6.08. The SMILES string of the molecule is COC(=O)CCCn1c(C)nc2scc(-c3cc(C)ccc3Br)c2c1=O. The maximum absolute atomic E-state index is 13.1. The zero-order valence-electron chi connectivity index (χ0n) is 14.8. The largest absolute Gasteiger partial charge is 0.469 e. The highest BCUT2D eigenvalue weighted by Gasteiger charge is 2.17. The minimum Gasteiger partial charge on any atom is -0.469 e. The number of esters is 1. The molecule has 0 unspecified atom stereocenters. The molecule has 2 aromatic heterocycles. The highest BCUT2D eigenvalue weighted by Crippen LogP contribution is 2.36. The van der Waals surface area contributed by atoms with Crippen molar-refractivity contribution < 1.29 is 9.53 Å². The molecule has 3 aromatic rings. The fraction of sp³-hybridized carbons (Fsp3) is 0.316. The maximum atomic E-state index is 13.1. The van der Waals surface area contributed by atoms with Crippen LogP contribution in [0.3, 0.4) is 0 Å². The number of nitrogens with zero attached hydrogens (tertiary/aromatic N) is 2. The van der Waals surface area contributed by atoms with Crippen LogP contribution in [-0.2, 0) is 16.1 Å². The summed E-state index contributed by atoms with van der Waals surface area (Å²) in [5, 5.41) is 2.61. The number of methoxy groups -OCH3 is 1. The van der Waals surface area contributed by atoms with Crippen molar-refractivity contribution in [2.75, 3.05) is 7.11 Å². The van der Waals surface area contributed by atoms with Crippen LogP contribution in [0.5, 0.6) is 0 Å². The minimum atomic E-state index is -0.273. The van der Waals surface area contributed by atoms with Gasteiger partial charge in [-0.1, -0.05) is 33.6 Å². The van der Waals surface area contributed by atoms with Gasteiger partial charge in [-0.15, -0.1) is 11.3 Å². The number of ether oxygens (including phenoxy) is 1. The second-order valence-electron chi connectivity index (χ2n) is 6.11. The van der Waals surface area contributed by atoms with Crippen molar-refractivity contribution in [2.45, 2.75) is 33.2 Å². The van der Waals surface area contributed by atoms with E-state index in [0.29, 0.717) is 24.2 Å². The van der Waals surface area contributed by atoms with Crippen LogP contribution >= 0.6 is 27.3 Å². The van der Waals surface area contributed by atoms with Crippen molar-refractivity contribution in [1.29, 1.82) is 0 Å². The minimum absolute atomic E-state index is 0.0676. The third kappa shape index (κ3) is 3.59. The molecule has 26 heavy (non-hydrogen) atoms. The molecule has 0 spiro atoms. The Bertz CT molecular complexity index is 1040. The normalized spacial score (nSPS) is 11.1. The molecular formula is C19H19BrN2O3S. The number of aryl methyl sites for hydroxylation is 2. The van der Waals surface area contributed by atoms with Crippen LogP contribution in [0.4, 0.5) is 0 Å². The van der Waals surface area contributed by atoms with Crippen molar-refractivity contribution in [3.05, 3.63) is 49.8 Å². The van der Waals surface area contributed by atoms with E-state index in [4.69, 9.17) is 0 Å². The zero-order valence-corrected chi connectivity index (χ0v) is 17.2. The molecule has 0 aliphatic heterocycles. The van der Waals surface area contributed by atoms with E-state index in [1.807, 2.05) is 31.4 Å². The Morgan fingerprint density at radius 3 is 2.81 bits per heavy atom. The lowest BCUT2D eigenvalue weighted by molar-refractivity contribution is -0.140. The van der Waals surface area contributed by atoms with E-state index in [9.17, 15) is 9.59 Å². The predicted octanol–water partition coefficient (Wildman–Crippen LogP) is 4.46. The third-order valence-electron chi connectivity index (χ3n) is 4.29. The Morgan fingerprint density at radius 1 is 1.31 bits per heavy atom. The lowest BCUT2D eigenvalue weighted by Gasteiger charge is -2.10. The quantitative estimate of drug-likeness (QED) is 0.556. The molecule has 136 valence electrons. The first kappa shape index (κ1) is 18.8. The number of carbonyl (C=O) groups is 1. The molecule has 0 N–H and O–H groups in total. The molecule has 0 fully saturated rings. The molecule has 0 radical (unpaired) electrons. The van der Waals surface area contributed by atoms with E-state index in [-0.39, 0.29) is 17.9 Å². The molecule has 2 heterocycles. The summed E-state index contributed by atoms with van der Waals surface area (Å²) in [4.78, 5) is 29.8. The molecular weight excluding hydrogens is 416 g/mol. The van der Waals surface area contributed by atoms with Crippen molar-refractivity contribution in [2.24, 2.45) is 0 Å². The van der Waals surface area contributed by atoms with Crippen LogP contribution in [-0.4, -0.2) is 22.6 Å². The van der Waals surface area contributed by atoms with Crippen LogP contribution in [0.1, 0.15) is 24.2 Å². The fourth-order valence-corrected chi connectivity index (χ4v) is 4.35. The molecule has 1 aromatic carbocycles. The summed E-state index contributed by atoms with van der Waals surface area (Å²) in [6.45, 7) is 4.28.